The van der Waals surface area contributed by atoms with Crippen LogP contribution in [0.1, 0.15) is 25.1 Å². The summed E-state index contributed by atoms with van der Waals surface area (Å²) in [5, 5.41) is 18.1. The summed E-state index contributed by atoms with van der Waals surface area (Å²) in [6.45, 7) is 0.334. The maximum Gasteiger partial charge on any atom is 0.317 e. The smallest absolute Gasteiger partial charge is 0.317 e. The van der Waals surface area contributed by atoms with Gasteiger partial charge in [-0.15, -0.1) is 0 Å². The van der Waals surface area contributed by atoms with E-state index in [4.69, 9.17) is 5.11 Å². The molecule has 1 heterocycles. The van der Waals surface area contributed by atoms with E-state index in [9.17, 15) is 9.59 Å². The van der Waals surface area contributed by atoms with Gasteiger partial charge in [-0.2, -0.15) is 5.10 Å². The third-order valence-electron chi connectivity index (χ3n) is 3.31. The molecule has 1 fully saturated rings. The highest BCUT2D eigenvalue weighted by atomic mass is 16.4. The number of carbonyl (C=O) groups is 2. The lowest BCUT2D eigenvalue weighted by atomic mass is 10.1. The Labute approximate surface area is 110 Å². The van der Waals surface area contributed by atoms with Crippen molar-refractivity contribution in [1.29, 1.82) is 0 Å². The molecule has 2 rings (SSSR count). The molecule has 1 aromatic rings. The van der Waals surface area contributed by atoms with Crippen LogP contribution < -0.4 is 5.32 Å². The number of H-pyrrole nitrogens is 1. The maximum absolute atomic E-state index is 11.9. The Bertz CT molecular complexity index is 447. The van der Waals surface area contributed by atoms with E-state index in [0.717, 1.165) is 0 Å². The number of hydrogen-bond donors (Lipinski definition) is 3. The molecule has 0 saturated heterocycles. The number of carboxylic acids is 1. The zero-order valence-electron chi connectivity index (χ0n) is 10.7. The first-order chi connectivity index (χ1) is 9.06. The molecule has 0 radical (unpaired) electrons. The van der Waals surface area contributed by atoms with Gasteiger partial charge in [0.05, 0.1) is 12.5 Å². The highest BCUT2D eigenvalue weighted by Gasteiger charge is 2.31. The highest BCUT2D eigenvalue weighted by Crippen LogP contribution is 2.25. The van der Waals surface area contributed by atoms with Gasteiger partial charge in [-0.1, -0.05) is 0 Å². The van der Waals surface area contributed by atoms with Crippen LogP contribution >= 0.6 is 0 Å². The lowest BCUT2D eigenvalue weighted by Crippen LogP contribution is -2.42. The fourth-order valence-electron chi connectivity index (χ4n) is 2.23. The third kappa shape index (κ3) is 3.43. The molecule has 3 N–H and O–H groups in total. The summed E-state index contributed by atoms with van der Waals surface area (Å²) in [5.74, 6) is -0.524. The molecule has 0 aliphatic heterocycles. The standard InChI is InChI=1S/C11H17N5O3/c1-16(5-9-12-6-13-15-9)11(19)14-8-3-2-7(4-8)10(17)18/h6-8H,2-5H2,1H3,(H,14,19)(H,17,18)(H,12,13,15). The Kier molecular flexibility index (Phi) is 3.98. The Morgan fingerprint density at radius 3 is 2.95 bits per heavy atom. The van der Waals surface area contributed by atoms with Gasteiger partial charge in [0.1, 0.15) is 12.2 Å². The molecular weight excluding hydrogens is 250 g/mol. The number of aromatic nitrogens is 3. The maximum atomic E-state index is 11.9. The predicted molar refractivity (Wildman–Crippen MR) is 65.1 cm³/mol. The summed E-state index contributed by atoms with van der Waals surface area (Å²) >= 11 is 0. The molecule has 2 atom stereocenters. The molecule has 2 unspecified atom stereocenters. The van der Waals surface area contributed by atoms with Gasteiger partial charge in [0.25, 0.3) is 0 Å². The lowest BCUT2D eigenvalue weighted by molar-refractivity contribution is -0.141. The van der Waals surface area contributed by atoms with Crippen molar-refractivity contribution >= 4 is 12.0 Å². The topological polar surface area (TPSA) is 111 Å². The van der Waals surface area contributed by atoms with Crippen LogP contribution in [-0.2, 0) is 11.3 Å². The van der Waals surface area contributed by atoms with Crippen LogP contribution in [0.4, 0.5) is 4.79 Å². The molecule has 1 aliphatic rings. The van der Waals surface area contributed by atoms with Crippen molar-refractivity contribution in [3.05, 3.63) is 12.2 Å². The number of hydrogen-bond acceptors (Lipinski definition) is 4. The SMILES string of the molecule is CN(Cc1ncn[nH]1)C(=O)NC1CCC(C(=O)O)C1. The summed E-state index contributed by atoms with van der Waals surface area (Å²) in [6, 6.07) is -0.293. The number of carbonyl (C=O) groups excluding carboxylic acids is 1. The Morgan fingerprint density at radius 2 is 2.37 bits per heavy atom. The minimum atomic E-state index is -0.785. The normalized spacial score (nSPS) is 22.2. The monoisotopic (exact) mass is 267 g/mol. The molecule has 19 heavy (non-hydrogen) atoms. The zero-order chi connectivity index (χ0) is 13.8. The van der Waals surface area contributed by atoms with Crippen molar-refractivity contribution < 1.29 is 14.7 Å². The van der Waals surface area contributed by atoms with Gasteiger partial charge in [-0.25, -0.2) is 9.78 Å². The fraction of sp³-hybridized carbons (Fsp3) is 0.636. The number of urea groups is 1. The van der Waals surface area contributed by atoms with Crippen LogP contribution in [0, 0.1) is 5.92 Å². The molecule has 8 heteroatoms. The first kappa shape index (κ1) is 13.3. The van der Waals surface area contributed by atoms with Crippen molar-refractivity contribution in [2.24, 2.45) is 5.92 Å². The first-order valence-corrected chi connectivity index (χ1v) is 6.15. The van der Waals surface area contributed by atoms with Crippen LogP contribution in [0.5, 0.6) is 0 Å². The minimum Gasteiger partial charge on any atom is -0.481 e. The summed E-state index contributed by atoms with van der Waals surface area (Å²) in [4.78, 5) is 28.2. The van der Waals surface area contributed by atoms with Crippen LogP contribution in [0.2, 0.25) is 0 Å². The van der Waals surface area contributed by atoms with Gasteiger partial charge < -0.3 is 15.3 Å². The van der Waals surface area contributed by atoms with E-state index in [1.165, 1.54) is 11.2 Å². The molecule has 0 bridgehead atoms. The van der Waals surface area contributed by atoms with Crippen LogP contribution in [0.3, 0.4) is 0 Å². The second kappa shape index (κ2) is 5.68. The number of rotatable bonds is 4. The van der Waals surface area contributed by atoms with E-state index in [0.29, 0.717) is 31.6 Å². The molecule has 0 spiro atoms. The van der Waals surface area contributed by atoms with Gasteiger partial charge >= 0.3 is 12.0 Å². The zero-order valence-corrected chi connectivity index (χ0v) is 10.7. The predicted octanol–water partition coefficient (Wildman–Crippen LogP) is 0.199. The van der Waals surface area contributed by atoms with E-state index < -0.39 is 5.97 Å². The van der Waals surface area contributed by atoms with Gasteiger partial charge in [-0.05, 0) is 19.3 Å². The van der Waals surface area contributed by atoms with Gasteiger partial charge in [0, 0.05) is 13.1 Å². The number of aromatic amines is 1. The van der Waals surface area contributed by atoms with E-state index in [1.807, 2.05) is 0 Å². The average molecular weight is 267 g/mol. The van der Waals surface area contributed by atoms with Gasteiger partial charge in [0.2, 0.25) is 0 Å². The first-order valence-electron chi connectivity index (χ1n) is 6.15. The molecule has 104 valence electrons. The number of aliphatic carboxylic acids is 1. The van der Waals surface area contributed by atoms with Crippen molar-refractivity contribution in [2.75, 3.05) is 7.05 Å². The van der Waals surface area contributed by atoms with Crippen LogP contribution in [0.25, 0.3) is 0 Å². The summed E-state index contributed by atoms with van der Waals surface area (Å²) in [5.41, 5.74) is 0. The molecule has 1 saturated carbocycles. The van der Waals surface area contributed by atoms with Crippen molar-refractivity contribution in [3.8, 4) is 0 Å². The number of amides is 2. The summed E-state index contributed by atoms with van der Waals surface area (Å²) in [7, 11) is 1.65. The van der Waals surface area contributed by atoms with Gasteiger partial charge in [0.15, 0.2) is 0 Å². The average Bonchev–Trinajstić information content (AvgIpc) is 2.99. The summed E-state index contributed by atoms with van der Waals surface area (Å²) in [6.07, 6.45) is 3.21. The Morgan fingerprint density at radius 1 is 1.58 bits per heavy atom. The van der Waals surface area contributed by atoms with E-state index in [2.05, 4.69) is 20.5 Å². The lowest BCUT2D eigenvalue weighted by Gasteiger charge is -2.20. The molecular formula is C11H17N5O3. The van der Waals surface area contributed by atoms with E-state index >= 15 is 0 Å². The molecule has 0 aromatic carbocycles. The third-order valence-corrected chi connectivity index (χ3v) is 3.31. The second-order valence-corrected chi connectivity index (χ2v) is 4.78. The Balaban J connectivity index is 1.79. The van der Waals surface area contributed by atoms with Crippen molar-refractivity contribution in [2.45, 2.75) is 31.8 Å². The number of nitrogens with one attached hydrogen (secondary N) is 2. The molecule has 1 aromatic heterocycles. The number of carboxylic acid groups (broad SMARTS) is 1. The van der Waals surface area contributed by atoms with Crippen LogP contribution in [0.15, 0.2) is 6.33 Å². The Hall–Kier alpha value is -2.12. The minimum absolute atomic E-state index is 0.0641. The van der Waals surface area contributed by atoms with Crippen LogP contribution in [-0.4, -0.2) is 50.3 Å². The van der Waals surface area contributed by atoms with E-state index in [1.54, 1.807) is 7.05 Å². The quantitative estimate of drug-likeness (QED) is 0.721. The van der Waals surface area contributed by atoms with Crippen molar-refractivity contribution in [3.63, 3.8) is 0 Å². The van der Waals surface area contributed by atoms with Gasteiger partial charge in [-0.3, -0.25) is 9.89 Å². The number of nitrogens with zero attached hydrogens (tertiary/aromatic N) is 3. The van der Waals surface area contributed by atoms with Crippen molar-refractivity contribution in [1.82, 2.24) is 25.4 Å². The highest BCUT2D eigenvalue weighted by molar-refractivity contribution is 5.75. The molecule has 1 aliphatic carbocycles. The summed E-state index contributed by atoms with van der Waals surface area (Å²) < 4.78 is 0. The molecule has 2 amide bonds. The van der Waals surface area contributed by atoms with E-state index in [-0.39, 0.29) is 18.0 Å². The largest absolute Gasteiger partial charge is 0.481 e. The molecule has 8 nitrogen and oxygen atoms in total. The fourth-order valence-corrected chi connectivity index (χ4v) is 2.23. The second-order valence-electron chi connectivity index (χ2n) is 4.78.